The van der Waals surface area contributed by atoms with Gasteiger partial charge in [0.2, 0.25) is 5.91 Å². The molecule has 0 fully saturated rings. The van der Waals surface area contributed by atoms with Gasteiger partial charge < -0.3 is 25.4 Å². The van der Waals surface area contributed by atoms with E-state index in [0.29, 0.717) is 44.0 Å². The zero-order valence-corrected chi connectivity index (χ0v) is 26.3. The van der Waals surface area contributed by atoms with Crippen LogP contribution in [-0.2, 0) is 9.59 Å². The zero-order chi connectivity index (χ0) is 31.6. The number of anilines is 2. The minimum absolute atomic E-state index is 0.0269. The summed E-state index contributed by atoms with van der Waals surface area (Å²) in [6.45, 7) is 1.76. The molecule has 1 unspecified atom stereocenters. The van der Waals surface area contributed by atoms with E-state index in [4.69, 9.17) is 32.7 Å². The van der Waals surface area contributed by atoms with E-state index in [0.717, 1.165) is 4.90 Å². The van der Waals surface area contributed by atoms with E-state index in [1.54, 1.807) is 97.9 Å². The summed E-state index contributed by atoms with van der Waals surface area (Å²) >= 11 is 13.7. The summed E-state index contributed by atoms with van der Waals surface area (Å²) in [6, 6.07) is 25.7. The lowest BCUT2D eigenvalue weighted by atomic mass is 10.1. The highest BCUT2D eigenvalue weighted by Gasteiger charge is 2.19. The Morgan fingerprint density at radius 1 is 0.818 bits per heavy atom. The van der Waals surface area contributed by atoms with Gasteiger partial charge in [0, 0.05) is 27.2 Å². The molecule has 0 aromatic heterocycles. The lowest BCUT2D eigenvalue weighted by Gasteiger charge is -2.16. The van der Waals surface area contributed by atoms with Gasteiger partial charge in [0.25, 0.3) is 11.8 Å². The molecule has 0 saturated heterocycles. The van der Waals surface area contributed by atoms with Gasteiger partial charge in [0.1, 0.15) is 17.2 Å². The monoisotopic (exact) mass is 649 g/mol. The molecule has 4 aromatic carbocycles. The Balaban J connectivity index is 1.48. The zero-order valence-electron chi connectivity index (χ0n) is 24.0. The number of carbonyl (C=O) groups excluding carboxylic acids is 3. The Morgan fingerprint density at radius 3 is 2.25 bits per heavy atom. The molecule has 3 amide bonds. The third-order valence-corrected chi connectivity index (χ3v) is 7.82. The lowest BCUT2D eigenvalue weighted by molar-refractivity contribution is -0.115. The normalized spacial score (nSPS) is 11.7. The van der Waals surface area contributed by atoms with Crippen LogP contribution in [-0.4, -0.2) is 37.2 Å². The number of thioether (sulfide) groups is 1. The van der Waals surface area contributed by atoms with Crippen LogP contribution in [0.25, 0.3) is 6.08 Å². The molecule has 3 N–H and O–H groups in total. The first-order valence-electron chi connectivity index (χ1n) is 13.3. The summed E-state index contributed by atoms with van der Waals surface area (Å²) in [5.74, 6) is -0.423. The summed E-state index contributed by atoms with van der Waals surface area (Å²) in [4.78, 5) is 40.1. The molecule has 0 spiro atoms. The number of halogens is 2. The number of hydrogen-bond donors (Lipinski definition) is 3. The number of hydrogen-bond acceptors (Lipinski definition) is 6. The number of methoxy groups -OCH3 is 2. The van der Waals surface area contributed by atoms with E-state index in [1.165, 1.54) is 26.0 Å². The molecule has 4 rings (SSSR count). The molecule has 0 radical (unpaired) electrons. The molecule has 11 heteroatoms. The van der Waals surface area contributed by atoms with Crippen LogP contribution in [0, 0.1) is 0 Å². The Labute approximate surface area is 269 Å². The van der Waals surface area contributed by atoms with Crippen molar-refractivity contribution in [3.63, 3.8) is 0 Å². The first kappa shape index (κ1) is 32.5. The van der Waals surface area contributed by atoms with Gasteiger partial charge in [-0.15, -0.1) is 11.8 Å². The largest absolute Gasteiger partial charge is 0.495 e. The van der Waals surface area contributed by atoms with Crippen molar-refractivity contribution in [3.8, 4) is 11.5 Å². The molecule has 226 valence electrons. The van der Waals surface area contributed by atoms with Gasteiger partial charge in [0.15, 0.2) is 0 Å². The van der Waals surface area contributed by atoms with Crippen molar-refractivity contribution < 1.29 is 23.9 Å². The molecule has 0 heterocycles. The van der Waals surface area contributed by atoms with Crippen LogP contribution >= 0.6 is 35.0 Å². The molecule has 1 atom stereocenters. The SMILES string of the molecule is COc1cc(OC)c(NC(=O)C(C)Sc2cccc(NC(=O)/C(=C/c3cccc(Cl)c3)NC(=O)c3ccccc3)c2)cc1Cl. The Morgan fingerprint density at radius 2 is 1.55 bits per heavy atom. The molecular formula is C33H29Cl2N3O5S. The highest BCUT2D eigenvalue weighted by Crippen LogP contribution is 2.36. The van der Waals surface area contributed by atoms with Crippen LogP contribution in [0.3, 0.4) is 0 Å². The van der Waals surface area contributed by atoms with Crippen LogP contribution in [0.5, 0.6) is 11.5 Å². The van der Waals surface area contributed by atoms with Crippen molar-refractivity contribution in [1.29, 1.82) is 0 Å². The number of rotatable bonds is 11. The van der Waals surface area contributed by atoms with Gasteiger partial charge in [-0.25, -0.2) is 0 Å². The molecule has 0 aliphatic carbocycles. The second-order valence-electron chi connectivity index (χ2n) is 9.35. The van der Waals surface area contributed by atoms with Crippen LogP contribution in [0.15, 0.2) is 102 Å². The third kappa shape index (κ3) is 8.79. The third-order valence-electron chi connectivity index (χ3n) is 6.19. The van der Waals surface area contributed by atoms with Gasteiger partial charge in [0.05, 0.1) is 30.2 Å². The van der Waals surface area contributed by atoms with Gasteiger partial charge in [-0.3, -0.25) is 14.4 Å². The smallest absolute Gasteiger partial charge is 0.272 e. The molecule has 0 saturated carbocycles. The predicted molar refractivity (Wildman–Crippen MR) is 177 cm³/mol. The van der Waals surface area contributed by atoms with Crippen molar-refractivity contribution in [3.05, 3.63) is 118 Å². The fraction of sp³-hybridized carbons (Fsp3) is 0.121. The molecule has 8 nitrogen and oxygen atoms in total. The first-order valence-corrected chi connectivity index (χ1v) is 14.9. The number of benzene rings is 4. The minimum atomic E-state index is -0.536. The molecule has 0 aliphatic rings. The number of carbonyl (C=O) groups is 3. The van der Waals surface area contributed by atoms with E-state index in [-0.39, 0.29) is 11.6 Å². The van der Waals surface area contributed by atoms with Crippen molar-refractivity contribution in [1.82, 2.24) is 5.32 Å². The Hall–Kier alpha value is -4.44. The molecule has 0 bridgehead atoms. The van der Waals surface area contributed by atoms with E-state index in [2.05, 4.69) is 16.0 Å². The van der Waals surface area contributed by atoms with Crippen molar-refractivity contribution in [2.24, 2.45) is 0 Å². The maximum absolute atomic E-state index is 13.4. The van der Waals surface area contributed by atoms with Crippen molar-refractivity contribution >= 4 is 70.1 Å². The molecule has 0 aliphatic heterocycles. The summed E-state index contributed by atoms with van der Waals surface area (Å²) in [6.07, 6.45) is 1.55. The second kappa shape index (κ2) is 15.3. The first-order chi connectivity index (χ1) is 21.2. The molecule has 44 heavy (non-hydrogen) atoms. The fourth-order valence-corrected chi connectivity index (χ4v) is 5.37. The Kier molecular flexibility index (Phi) is 11.3. The molecule has 4 aromatic rings. The van der Waals surface area contributed by atoms with Crippen molar-refractivity contribution in [2.75, 3.05) is 24.9 Å². The average molecular weight is 651 g/mol. The highest BCUT2D eigenvalue weighted by atomic mass is 35.5. The summed E-state index contributed by atoms with van der Waals surface area (Å²) in [5, 5.41) is 8.69. The number of amides is 3. The maximum Gasteiger partial charge on any atom is 0.272 e. The number of ether oxygens (including phenoxy) is 2. The predicted octanol–water partition coefficient (Wildman–Crippen LogP) is 7.54. The van der Waals surface area contributed by atoms with Gasteiger partial charge in [-0.1, -0.05) is 59.6 Å². The standard InChI is InChI=1S/C33H29Cl2N3O5S/c1-20(31(39)37-27-18-26(35)29(42-2)19-30(27)43-3)44-25-14-8-13-24(17-25)36-33(41)28(16-21-9-7-12-23(34)15-21)38-32(40)22-10-5-4-6-11-22/h4-20H,1-3H3,(H,36,41)(H,37,39)(H,38,40)/b28-16-. The summed E-state index contributed by atoms with van der Waals surface area (Å²) in [7, 11) is 2.98. The lowest BCUT2D eigenvalue weighted by Crippen LogP contribution is -2.30. The minimum Gasteiger partial charge on any atom is -0.495 e. The van der Waals surface area contributed by atoms with E-state index < -0.39 is 17.1 Å². The van der Waals surface area contributed by atoms with E-state index >= 15 is 0 Å². The van der Waals surface area contributed by atoms with Crippen LogP contribution in [0.2, 0.25) is 10.0 Å². The van der Waals surface area contributed by atoms with Crippen LogP contribution in [0.1, 0.15) is 22.8 Å². The van der Waals surface area contributed by atoms with E-state index in [9.17, 15) is 14.4 Å². The van der Waals surface area contributed by atoms with Gasteiger partial charge >= 0.3 is 0 Å². The summed E-state index contributed by atoms with van der Waals surface area (Å²) < 4.78 is 10.6. The topological polar surface area (TPSA) is 106 Å². The van der Waals surface area contributed by atoms with Gasteiger partial charge in [-0.05, 0) is 67.1 Å². The van der Waals surface area contributed by atoms with E-state index in [1.807, 2.05) is 6.07 Å². The maximum atomic E-state index is 13.4. The van der Waals surface area contributed by atoms with Crippen molar-refractivity contribution in [2.45, 2.75) is 17.1 Å². The summed E-state index contributed by atoms with van der Waals surface area (Å²) in [5.41, 5.74) is 1.95. The fourth-order valence-electron chi connectivity index (χ4n) is 4.00. The molecular weight excluding hydrogens is 621 g/mol. The van der Waals surface area contributed by atoms with Crippen LogP contribution < -0.4 is 25.4 Å². The highest BCUT2D eigenvalue weighted by molar-refractivity contribution is 8.00. The average Bonchev–Trinajstić information content (AvgIpc) is 3.01. The quantitative estimate of drug-likeness (QED) is 0.114. The second-order valence-corrected chi connectivity index (χ2v) is 11.6. The number of nitrogens with one attached hydrogen (secondary N) is 3. The Bertz CT molecular complexity index is 1700. The van der Waals surface area contributed by atoms with Gasteiger partial charge in [-0.2, -0.15) is 0 Å². The van der Waals surface area contributed by atoms with Crippen LogP contribution in [0.4, 0.5) is 11.4 Å².